The summed E-state index contributed by atoms with van der Waals surface area (Å²) in [6, 6.07) is 0.644. The van der Waals surface area contributed by atoms with Crippen LogP contribution in [0.25, 0.3) is 0 Å². The van der Waals surface area contributed by atoms with E-state index in [2.05, 4.69) is 25.3 Å². The van der Waals surface area contributed by atoms with Crippen LogP contribution >= 0.6 is 0 Å². The average molecular weight is 221 g/mol. The molecule has 2 rings (SSSR count). The third kappa shape index (κ3) is 1.95. The number of imidazole rings is 1. The van der Waals surface area contributed by atoms with Crippen LogP contribution in [0.2, 0.25) is 0 Å². The fourth-order valence-corrected chi connectivity index (χ4v) is 2.43. The van der Waals surface area contributed by atoms with Gasteiger partial charge in [-0.1, -0.05) is 27.2 Å². The number of nitrogens with two attached hydrogens (primary N) is 1. The summed E-state index contributed by atoms with van der Waals surface area (Å²) in [5.74, 6) is 2.61. The quantitative estimate of drug-likeness (QED) is 0.829. The van der Waals surface area contributed by atoms with Crippen molar-refractivity contribution < 1.29 is 0 Å². The first kappa shape index (κ1) is 11.5. The van der Waals surface area contributed by atoms with Crippen molar-refractivity contribution >= 4 is 5.82 Å². The normalized spacial score (nSPS) is 17.7. The van der Waals surface area contributed by atoms with Crippen LogP contribution < -0.4 is 5.73 Å². The summed E-state index contributed by atoms with van der Waals surface area (Å²) in [6.45, 7) is 6.61. The Hall–Kier alpha value is -0.990. The summed E-state index contributed by atoms with van der Waals surface area (Å²) in [4.78, 5) is 4.75. The molecule has 1 fully saturated rings. The molecule has 1 aromatic rings. The predicted molar refractivity (Wildman–Crippen MR) is 67.6 cm³/mol. The minimum atomic E-state index is 0.496. The van der Waals surface area contributed by atoms with E-state index in [1.54, 1.807) is 0 Å². The van der Waals surface area contributed by atoms with Crippen LogP contribution in [0.5, 0.6) is 0 Å². The summed E-state index contributed by atoms with van der Waals surface area (Å²) in [5, 5.41) is 0. The van der Waals surface area contributed by atoms with Gasteiger partial charge in [-0.25, -0.2) is 4.98 Å². The van der Waals surface area contributed by atoms with Crippen LogP contribution in [0.1, 0.15) is 69.9 Å². The van der Waals surface area contributed by atoms with E-state index in [1.165, 1.54) is 31.5 Å². The molecule has 0 spiro atoms. The zero-order chi connectivity index (χ0) is 11.7. The number of nitrogen functional groups attached to an aromatic ring is 1. The Morgan fingerprint density at radius 1 is 1.44 bits per heavy atom. The van der Waals surface area contributed by atoms with E-state index in [0.29, 0.717) is 12.0 Å². The van der Waals surface area contributed by atoms with Crippen LogP contribution in [0.15, 0.2) is 0 Å². The molecule has 1 saturated carbocycles. The first-order valence-electron chi connectivity index (χ1n) is 6.55. The van der Waals surface area contributed by atoms with Crippen molar-refractivity contribution in [1.82, 2.24) is 9.55 Å². The lowest BCUT2D eigenvalue weighted by molar-refractivity contribution is 0.650. The summed E-state index contributed by atoms with van der Waals surface area (Å²) in [7, 11) is 0. The molecular formula is C13H23N3. The maximum atomic E-state index is 6.25. The second-order valence-corrected chi connectivity index (χ2v) is 4.94. The molecule has 1 atom stereocenters. The van der Waals surface area contributed by atoms with E-state index in [0.717, 1.165) is 17.9 Å². The topological polar surface area (TPSA) is 43.8 Å². The highest BCUT2D eigenvalue weighted by Gasteiger charge is 2.30. The Morgan fingerprint density at radius 3 is 2.62 bits per heavy atom. The fraction of sp³-hybridized carbons (Fsp3) is 0.769. The van der Waals surface area contributed by atoms with Crippen molar-refractivity contribution in [2.24, 2.45) is 0 Å². The molecule has 2 N–H and O–H groups in total. The molecular weight excluding hydrogens is 198 g/mol. The highest BCUT2D eigenvalue weighted by molar-refractivity contribution is 5.41. The molecule has 16 heavy (non-hydrogen) atoms. The molecule has 3 heteroatoms. The number of aromatic nitrogens is 2. The third-order valence-corrected chi connectivity index (χ3v) is 3.47. The van der Waals surface area contributed by atoms with Gasteiger partial charge in [0.05, 0.1) is 5.69 Å². The monoisotopic (exact) mass is 221 g/mol. The SMILES string of the molecule is CCCC(C)c1nc(CC)n(C2CC2)c1N. The number of aryl methyl sites for hydroxylation is 1. The van der Waals surface area contributed by atoms with Crippen molar-refractivity contribution in [1.29, 1.82) is 0 Å². The zero-order valence-corrected chi connectivity index (χ0v) is 10.7. The van der Waals surface area contributed by atoms with Crippen molar-refractivity contribution in [3.05, 3.63) is 11.5 Å². The second-order valence-electron chi connectivity index (χ2n) is 4.94. The van der Waals surface area contributed by atoms with Gasteiger partial charge in [0.15, 0.2) is 0 Å². The molecule has 0 saturated heterocycles. The van der Waals surface area contributed by atoms with Crippen molar-refractivity contribution in [3.8, 4) is 0 Å². The van der Waals surface area contributed by atoms with Gasteiger partial charge in [-0.3, -0.25) is 0 Å². The first-order valence-corrected chi connectivity index (χ1v) is 6.55. The Bertz CT molecular complexity index is 363. The Kier molecular flexibility index (Phi) is 3.22. The maximum absolute atomic E-state index is 6.25. The minimum Gasteiger partial charge on any atom is -0.384 e. The van der Waals surface area contributed by atoms with Crippen LogP contribution in [0, 0.1) is 0 Å². The van der Waals surface area contributed by atoms with E-state index in [-0.39, 0.29) is 0 Å². The lowest BCUT2D eigenvalue weighted by Gasteiger charge is -2.09. The van der Waals surface area contributed by atoms with Gasteiger partial charge in [0.2, 0.25) is 0 Å². The minimum absolute atomic E-state index is 0.496. The third-order valence-electron chi connectivity index (χ3n) is 3.47. The smallest absolute Gasteiger partial charge is 0.127 e. The molecule has 1 heterocycles. The molecule has 1 aliphatic carbocycles. The lowest BCUT2D eigenvalue weighted by Crippen LogP contribution is -2.05. The van der Waals surface area contributed by atoms with Crippen LogP contribution in [-0.2, 0) is 6.42 Å². The highest BCUT2D eigenvalue weighted by atomic mass is 15.2. The van der Waals surface area contributed by atoms with E-state index < -0.39 is 0 Å². The van der Waals surface area contributed by atoms with Crippen LogP contribution in [0.4, 0.5) is 5.82 Å². The maximum Gasteiger partial charge on any atom is 0.127 e. The number of hydrogen-bond donors (Lipinski definition) is 1. The van der Waals surface area contributed by atoms with Crippen molar-refractivity contribution in [2.45, 2.75) is 64.8 Å². The molecule has 0 aliphatic heterocycles. The number of anilines is 1. The summed E-state index contributed by atoms with van der Waals surface area (Å²) >= 11 is 0. The Labute approximate surface area is 98.1 Å². The Morgan fingerprint density at radius 2 is 2.12 bits per heavy atom. The summed E-state index contributed by atoms with van der Waals surface area (Å²) in [5.41, 5.74) is 7.38. The van der Waals surface area contributed by atoms with Gasteiger partial charge >= 0.3 is 0 Å². The molecule has 1 aliphatic rings. The fourth-order valence-electron chi connectivity index (χ4n) is 2.43. The number of nitrogens with zero attached hydrogens (tertiary/aromatic N) is 2. The molecule has 3 nitrogen and oxygen atoms in total. The Balaban J connectivity index is 2.31. The molecule has 0 bridgehead atoms. The van der Waals surface area contributed by atoms with Gasteiger partial charge in [-0.15, -0.1) is 0 Å². The molecule has 0 amide bonds. The summed E-state index contributed by atoms with van der Waals surface area (Å²) < 4.78 is 2.28. The average Bonchev–Trinajstić information content (AvgIpc) is 3.03. The predicted octanol–water partition coefficient (Wildman–Crippen LogP) is 3.27. The molecule has 0 aromatic carbocycles. The van der Waals surface area contributed by atoms with E-state index in [4.69, 9.17) is 10.7 Å². The van der Waals surface area contributed by atoms with Gasteiger partial charge in [0, 0.05) is 18.4 Å². The van der Waals surface area contributed by atoms with Crippen molar-refractivity contribution in [3.63, 3.8) is 0 Å². The van der Waals surface area contributed by atoms with E-state index in [1.807, 2.05) is 0 Å². The van der Waals surface area contributed by atoms with Gasteiger partial charge in [-0.2, -0.15) is 0 Å². The molecule has 90 valence electrons. The van der Waals surface area contributed by atoms with Gasteiger partial charge in [-0.05, 0) is 19.3 Å². The van der Waals surface area contributed by atoms with Crippen molar-refractivity contribution in [2.75, 3.05) is 5.73 Å². The summed E-state index contributed by atoms with van der Waals surface area (Å²) in [6.07, 6.45) is 5.90. The molecule has 1 unspecified atom stereocenters. The number of hydrogen-bond acceptors (Lipinski definition) is 2. The largest absolute Gasteiger partial charge is 0.384 e. The highest BCUT2D eigenvalue weighted by Crippen LogP contribution is 2.40. The number of rotatable bonds is 5. The van der Waals surface area contributed by atoms with Gasteiger partial charge in [0.25, 0.3) is 0 Å². The van der Waals surface area contributed by atoms with E-state index in [9.17, 15) is 0 Å². The molecule has 0 radical (unpaired) electrons. The van der Waals surface area contributed by atoms with Crippen LogP contribution in [0.3, 0.4) is 0 Å². The van der Waals surface area contributed by atoms with Crippen LogP contribution in [-0.4, -0.2) is 9.55 Å². The first-order chi connectivity index (χ1) is 7.69. The van der Waals surface area contributed by atoms with Gasteiger partial charge in [0.1, 0.15) is 11.6 Å². The zero-order valence-electron chi connectivity index (χ0n) is 10.7. The lowest BCUT2D eigenvalue weighted by atomic mass is 10.0. The standard InChI is InChI=1S/C13H23N3/c1-4-6-9(3)12-13(14)16(10-7-8-10)11(5-2)15-12/h9-10H,4-8,14H2,1-3H3. The second kappa shape index (κ2) is 4.48. The van der Waals surface area contributed by atoms with Gasteiger partial charge < -0.3 is 10.3 Å². The molecule has 1 aromatic heterocycles. The van der Waals surface area contributed by atoms with E-state index >= 15 is 0 Å².